The summed E-state index contributed by atoms with van der Waals surface area (Å²) in [5.41, 5.74) is -0.274. The number of nitrogens with zero attached hydrogens (tertiary/aromatic N) is 1. The Labute approximate surface area is 222 Å². The van der Waals surface area contributed by atoms with E-state index in [4.69, 9.17) is 9.47 Å². The van der Waals surface area contributed by atoms with E-state index in [1.54, 1.807) is 26.1 Å². The molecule has 39 heavy (non-hydrogen) atoms. The topological polar surface area (TPSA) is 88.9 Å². The standard InChI is InChI=1S/C29H27F4NO5/c1-28(2,37)7-8-38-18-5-3-15(4-6-18)19-10-17(23(30)12-22(19)29(31,32)33)14-39-24-11-16-9-20-25(21(16)13-34-24)26(20)27(35)36/h3-6,10-13,20,25-26,37H,7-9,14H2,1-2H3,(H,35,36)/t20-,25-,26+/m1/s1. The number of hydrogen-bond donors (Lipinski definition) is 2. The number of aliphatic carboxylic acids is 1. The lowest BCUT2D eigenvalue weighted by molar-refractivity contribution is -0.139. The number of pyridine rings is 1. The maximum absolute atomic E-state index is 14.8. The van der Waals surface area contributed by atoms with Crippen molar-refractivity contribution >= 4 is 5.97 Å². The Morgan fingerprint density at radius 1 is 1.10 bits per heavy atom. The summed E-state index contributed by atoms with van der Waals surface area (Å²) >= 11 is 0. The van der Waals surface area contributed by atoms with Gasteiger partial charge in [-0.3, -0.25) is 4.79 Å². The number of halogens is 4. The fourth-order valence-corrected chi connectivity index (χ4v) is 5.19. The normalized spacial score (nSPS) is 19.8. The molecule has 1 heterocycles. The molecule has 0 spiro atoms. The Morgan fingerprint density at radius 2 is 1.82 bits per heavy atom. The van der Waals surface area contributed by atoms with Gasteiger partial charge in [0.15, 0.2) is 0 Å². The molecule has 2 aliphatic rings. The molecule has 2 aromatic carbocycles. The zero-order valence-electron chi connectivity index (χ0n) is 21.3. The zero-order chi connectivity index (χ0) is 28.1. The van der Waals surface area contributed by atoms with Crippen molar-refractivity contribution in [2.45, 2.75) is 51.0 Å². The van der Waals surface area contributed by atoms with Crippen LogP contribution in [0.15, 0.2) is 48.7 Å². The van der Waals surface area contributed by atoms with Gasteiger partial charge in [-0.25, -0.2) is 9.37 Å². The highest BCUT2D eigenvalue weighted by molar-refractivity contribution is 5.77. The van der Waals surface area contributed by atoms with Crippen LogP contribution >= 0.6 is 0 Å². The van der Waals surface area contributed by atoms with E-state index >= 15 is 0 Å². The molecule has 0 unspecified atom stereocenters. The van der Waals surface area contributed by atoms with Gasteiger partial charge >= 0.3 is 12.1 Å². The number of aliphatic hydroxyl groups is 1. The molecular weight excluding hydrogens is 518 g/mol. The molecular formula is C29H27F4NO5. The monoisotopic (exact) mass is 545 g/mol. The smallest absolute Gasteiger partial charge is 0.417 e. The Bertz CT molecular complexity index is 1400. The number of rotatable bonds is 9. The molecule has 2 N–H and O–H groups in total. The third kappa shape index (κ3) is 5.71. The predicted octanol–water partition coefficient (Wildman–Crippen LogP) is 6.00. The minimum Gasteiger partial charge on any atom is -0.493 e. The summed E-state index contributed by atoms with van der Waals surface area (Å²) in [5.74, 6) is -1.65. The minimum absolute atomic E-state index is 0.0442. The van der Waals surface area contributed by atoms with Crippen molar-refractivity contribution in [1.82, 2.24) is 4.98 Å². The molecule has 5 rings (SSSR count). The highest BCUT2D eigenvalue weighted by Crippen LogP contribution is 2.61. The molecule has 0 aliphatic heterocycles. The molecule has 2 aliphatic carbocycles. The molecule has 206 valence electrons. The quantitative estimate of drug-likeness (QED) is 0.321. The predicted molar refractivity (Wildman–Crippen MR) is 133 cm³/mol. The summed E-state index contributed by atoms with van der Waals surface area (Å²) in [4.78, 5) is 15.5. The SMILES string of the molecule is CC(C)(O)CCOc1ccc(-c2cc(COc3cc4c(cn3)[C@H]3[C@@H](C4)[C@@H]3C(=O)O)c(F)cc2C(F)(F)F)cc1. The second kappa shape index (κ2) is 9.82. The number of benzene rings is 2. The van der Waals surface area contributed by atoms with Crippen LogP contribution in [-0.4, -0.2) is 33.4 Å². The number of ether oxygens (including phenoxy) is 2. The van der Waals surface area contributed by atoms with Crippen LogP contribution < -0.4 is 9.47 Å². The first-order valence-corrected chi connectivity index (χ1v) is 12.5. The molecule has 3 aromatic rings. The second-order valence-electron chi connectivity index (χ2n) is 10.7. The Hall–Kier alpha value is -3.66. The van der Waals surface area contributed by atoms with Crippen molar-refractivity contribution < 1.29 is 42.0 Å². The van der Waals surface area contributed by atoms with Crippen LogP contribution in [-0.2, 0) is 24.0 Å². The van der Waals surface area contributed by atoms with Crippen LogP contribution in [0.3, 0.4) is 0 Å². The number of fused-ring (bicyclic) bond motifs is 3. The molecule has 0 bridgehead atoms. The van der Waals surface area contributed by atoms with E-state index in [-0.39, 0.29) is 53.5 Å². The summed E-state index contributed by atoms with van der Waals surface area (Å²) in [6.45, 7) is 3.18. The van der Waals surface area contributed by atoms with Gasteiger partial charge in [0.05, 0.1) is 23.7 Å². The molecule has 3 atom stereocenters. The van der Waals surface area contributed by atoms with Crippen LogP contribution in [0.5, 0.6) is 11.6 Å². The number of aromatic nitrogens is 1. The maximum Gasteiger partial charge on any atom is 0.417 e. The molecule has 1 fully saturated rings. The summed E-state index contributed by atoms with van der Waals surface area (Å²) in [6, 6.07) is 9.24. The lowest BCUT2D eigenvalue weighted by Gasteiger charge is -2.18. The summed E-state index contributed by atoms with van der Waals surface area (Å²) in [7, 11) is 0. The van der Waals surface area contributed by atoms with Crippen LogP contribution in [0.25, 0.3) is 11.1 Å². The molecule has 6 nitrogen and oxygen atoms in total. The van der Waals surface area contributed by atoms with Gasteiger partial charge in [-0.1, -0.05) is 12.1 Å². The first-order valence-electron chi connectivity index (χ1n) is 12.5. The van der Waals surface area contributed by atoms with Crippen LogP contribution in [0.1, 0.15) is 48.4 Å². The van der Waals surface area contributed by atoms with Crippen LogP contribution in [0.2, 0.25) is 0 Å². The van der Waals surface area contributed by atoms with Crippen molar-refractivity contribution in [3.05, 3.63) is 76.7 Å². The number of alkyl halides is 3. The Balaban J connectivity index is 1.33. The van der Waals surface area contributed by atoms with Crippen molar-refractivity contribution in [1.29, 1.82) is 0 Å². The van der Waals surface area contributed by atoms with E-state index in [1.165, 1.54) is 24.3 Å². The molecule has 1 saturated carbocycles. The molecule has 1 aromatic heterocycles. The fraction of sp³-hybridized carbons (Fsp3) is 0.379. The van der Waals surface area contributed by atoms with Gasteiger partial charge in [0, 0.05) is 30.2 Å². The number of hydrogen-bond acceptors (Lipinski definition) is 5. The van der Waals surface area contributed by atoms with Gasteiger partial charge in [-0.2, -0.15) is 13.2 Å². The van der Waals surface area contributed by atoms with Gasteiger partial charge in [0.25, 0.3) is 0 Å². The van der Waals surface area contributed by atoms with Gasteiger partial charge in [-0.15, -0.1) is 0 Å². The zero-order valence-corrected chi connectivity index (χ0v) is 21.3. The van der Waals surface area contributed by atoms with E-state index in [2.05, 4.69) is 4.98 Å². The first kappa shape index (κ1) is 26.9. The first-order chi connectivity index (χ1) is 18.3. The lowest BCUT2D eigenvalue weighted by Crippen LogP contribution is -2.21. The van der Waals surface area contributed by atoms with E-state index in [0.29, 0.717) is 24.7 Å². The summed E-state index contributed by atoms with van der Waals surface area (Å²) < 4.78 is 67.4. The van der Waals surface area contributed by atoms with Gasteiger partial charge in [0.2, 0.25) is 5.88 Å². The van der Waals surface area contributed by atoms with Crippen LogP contribution in [0.4, 0.5) is 17.6 Å². The van der Waals surface area contributed by atoms with Gasteiger partial charge < -0.3 is 19.7 Å². The average Bonchev–Trinajstić information content (AvgIpc) is 3.44. The largest absolute Gasteiger partial charge is 0.493 e. The van der Waals surface area contributed by atoms with E-state index in [9.17, 15) is 32.6 Å². The fourth-order valence-electron chi connectivity index (χ4n) is 5.19. The number of carbonyl (C=O) groups is 1. The van der Waals surface area contributed by atoms with E-state index in [0.717, 1.165) is 17.2 Å². The Kier molecular flexibility index (Phi) is 6.78. The summed E-state index contributed by atoms with van der Waals surface area (Å²) in [5, 5.41) is 19.0. The number of carboxylic acid groups (broad SMARTS) is 1. The molecule has 0 radical (unpaired) electrons. The van der Waals surface area contributed by atoms with Crippen LogP contribution in [0, 0.1) is 17.7 Å². The lowest BCUT2D eigenvalue weighted by atomic mass is 9.96. The molecule has 0 amide bonds. The third-order valence-electron chi connectivity index (χ3n) is 7.28. The highest BCUT2D eigenvalue weighted by atomic mass is 19.4. The maximum atomic E-state index is 14.8. The van der Waals surface area contributed by atoms with Crippen molar-refractivity contribution in [2.75, 3.05) is 6.61 Å². The Morgan fingerprint density at radius 3 is 2.46 bits per heavy atom. The molecule has 0 saturated heterocycles. The van der Waals surface area contributed by atoms with E-state index < -0.39 is 29.1 Å². The third-order valence-corrected chi connectivity index (χ3v) is 7.28. The van der Waals surface area contributed by atoms with Crippen molar-refractivity contribution in [3.8, 4) is 22.8 Å². The second-order valence-corrected chi connectivity index (χ2v) is 10.7. The summed E-state index contributed by atoms with van der Waals surface area (Å²) in [6.07, 6.45) is -2.25. The van der Waals surface area contributed by atoms with Crippen molar-refractivity contribution in [3.63, 3.8) is 0 Å². The van der Waals surface area contributed by atoms with Gasteiger partial charge in [-0.05, 0) is 72.7 Å². The molecule has 10 heteroatoms. The van der Waals surface area contributed by atoms with Crippen molar-refractivity contribution in [2.24, 2.45) is 11.8 Å². The van der Waals surface area contributed by atoms with E-state index in [1.807, 2.05) is 0 Å². The number of carboxylic acids is 1. The highest BCUT2D eigenvalue weighted by Gasteiger charge is 2.59. The minimum atomic E-state index is -4.78. The van der Waals surface area contributed by atoms with Gasteiger partial charge in [0.1, 0.15) is 18.2 Å². The average molecular weight is 546 g/mol.